The summed E-state index contributed by atoms with van der Waals surface area (Å²) in [7, 11) is 0. The zero-order valence-corrected chi connectivity index (χ0v) is 11.3. The van der Waals surface area contributed by atoms with E-state index in [9.17, 15) is 0 Å². The van der Waals surface area contributed by atoms with Gasteiger partial charge in [0.25, 0.3) is 0 Å². The van der Waals surface area contributed by atoms with E-state index in [0.717, 1.165) is 51.1 Å². The lowest BCUT2D eigenvalue weighted by atomic mass is 10.3. The molecule has 1 fully saturated rings. The number of piperazine rings is 1. The molecule has 0 unspecified atom stereocenters. The van der Waals surface area contributed by atoms with Crippen LogP contribution in [0.5, 0.6) is 0 Å². The summed E-state index contributed by atoms with van der Waals surface area (Å²) in [6, 6.07) is 1.83. The Hall–Kier alpha value is -1.89. The van der Waals surface area contributed by atoms with Gasteiger partial charge < -0.3 is 9.80 Å². The summed E-state index contributed by atoms with van der Waals surface area (Å²) >= 11 is 0. The standard InChI is InChI=1S/C12H21N7/c1-2-4-14-12(17-13)19-9-7-18(8-10-19)11-15-5-3-6-16-11/h3,5-6H,2,4,7-10,13H2,1H3,(H,14,17). The van der Waals surface area contributed by atoms with Gasteiger partial charge in [-0.1, -0.05) is 6.92 Å². The summed E-state index contributed by atoms with van der Waals surface area (Å²) < 4.78 is 0. The SMILES string of the molecule is CCCN=C(NN)N1CCN(c2ncccn2)CC1. The molecule has 0 aliphatic carbocycles. The van der Waals surface area contributed by atoms with Crippen molar-refractivity contribution >= 4 is 11.9 Å². The van der Waals surface area contributed by atoms with Crippen molar-refractivity contribution in [2.24, 2.45) is 10.8 Å². The summed E-state index contributed by atoms with van der Waals surface area (Å²) in [6.07, 6.45) is 4.55. The van der Waals surface area contributed by atoms with Gasteiger partial charge in [-0.15, -0.1) is 0 Å². The Balaban J connectivity index is 1.91. The fourth-order valence-electron chi connectivity index (χ4n) is 2.03. The first-order valence-corrected chi connectivity index (χ1v) is 6.63. The molecule has 0 spiro atoms. The first-order chi connectivity index (χ1) is 9.35. The van der Waals surface area contributed by atoms with Crippen molar-refractivity contribution in [3.8, 4) is 0 Å². The van der Waals surface area contributed by atoms with Crippen LogP contribution < -0.4 is 16.2 Å². The molecule has 0 bridgehead atoms. The van der Waals surface area contributed by atoms with Crippen molar-refractivity contribution < 1.29 is 0 Å². The number of guanidine groups is 1. The topological polar surface area (TPSA) is 82.7 Å². The van der Waals surface area contributed by atoms with Gasteiger partial charge in [0.1, 0.15) is 0 Å². The minimum Gasteiger partial charge on any atom is -0.338 e. The van der Waals surface area contributed by atoms with Gasteiger partial charge in [0.2, 0.25) is 11.9 Å². The maximum absolute atomic E-state index is 5.53. The van der Waals surface area contributed by atoms with E-state index in [2.05, 4.69) is 37.1 Å². The Morgan fingerprint density at radius 1 is 1.32 bits per heavy atom. The van der Waals surface area contributed by atoms with E-state index in [1.165, 1.54) is 0 Å². The second-order valence-corrected chi connectivity index (χ2v) is 4.37. The minimum atomic E-state index is 0.774. The summed E-state index contributed by atoms with van der Waals surface area (Å²) in [5.41, 5.74) is 2.69. The van der Waals surface area contributed by atoms with Crippen LogP contribution in [0.25, 0.3) is 0 Å². The molecule has 2 heterocycles. The van der Waals surface area contributed by atoms with Crippen molar-refractivity contribution in [1.82, 2.24) is 20.3 Å². The van der Waals surface area contributed by atoms with Gasteiger partial charge in [-0.05, 0) is 12.5 Å². The average Bonchev–Trinajstić information content (AvgIpc) is 2.49. The number of anilines is 1. The average molecular weight is 263 g/mol. The molecule has 0 atom stereocenters. The predicted molar refractivity (Wildman–Crippen MR) is 75.7 cm³/mol. The van der Waals surface area contributed by atoms with Crippen LogP contribution in [0.1, 0.15) is 13.3 Å². The molecule has 1 aliphatic heterocycles. The molecule has 3 N–H and O–H groups in total. The lowest BCUT2D eigenvalue weighted by molar-refractivity contribution is 0.370. The molecule has 0 amide bonds. The van der Waals surface area contributed by atoms with E-state index in [4.69, 9.17) is 5.84 Å². The zero-order chi connectivity index (χ0) is 13.5. The summed E-state index contributed by atoms with van der Waals surface area (Å²) in [6.45, 7) is 6.37. The fourth-order valence-corrected chi connectivity index (χ4v) is 2.03. The number of nitrogens with zero attached hydrogens (tertiary/aromatic N) is 5. The highest BCUT2D eigenvalue weighted by Crippen LogP contribution is 2.09. The van der Waals surface area contributed by atoms with Crippen LogP contribution in [-0.4, -0.2) is 53.6 Å². The smallest absolute Gasteiger partial charge is 0.225 e. The largest absolute Gasteiger partial charge is 0.338 e. The molecule has 0 saturated carbocycles. The van der Waals surface area contributed by atoms with E-state index >= 15 is 0 Å². The van der Waals surface area contributed by atoms with Gasteiger partial charge in [-0.2, -0.15) is 0 Å². The molecule has 0 aromatic carbocycles. The normalized spacial score (nSPS) is 16.6. The van der Waals surface area contributed by atoms with Crippen LogP contribution in [0.2, 0.25) is 0 Å². The van der Waals surface area contributed by atoms with Crippen LogP contribution in [0.3, 0.4) is 0 Å². The highest BCUT2D eigenvalue weighted by Gasteiger charge is 2.20. The first-order valence-electron chi connectivity index (χ1n) is 6.63. The molecule has 1 saturated heterocycles. The van der Waals surface area contributed by atoms with Crippen molar-refractivity contribution in [3.05, 3.63) is 18.5 Å². The van der Waals surface area contributed by atoms with E-state index in [1.807, 2.05) is 6.07 Å². The third-order valence-corrected chi connectivity index (χ3v) is 3.03. The molecule has 19 heavy (non-hydrogen) atoms. The molecule has 104 valence electrons. The Morgan fingerprint density at radius 2 is 2.00 bits per heavy atom. The molecule has 1 aromatic rings. The number of hydrogen-bond acceptors (Lipinski definition) is 5. The van der Waals surface area contributed by atoms with Crippen LogP contribution in [0.4, 0.5) is 5.95 Å². The van der Waals surface area contributed by atoms with Crippen molar-refractivity contribution in [2.45, 2.75) is 13.3 Å². The minimum absolute atomic E-state index is 0.774. The zero-order valence-electron chi connectivity index (χ0n) is 11.3. The maximum atomic E-state index is 5.53. The Labute approximate surface area is 113 Å². The third-order valence-electron chi connectivity index (χ3n) is 3.03. The number of nitrogens with two attached hydrogens (primary N) is 1. The summed E-state index contributed by atoms with van der Waals surface area (Å²) in [5, 5.41) is 0. The Kier molecular flexibility index (Phi) is 4.91. The Morgan fingerprint density at radius 3 is 2.58 bits per heavy atom. The number of aliphatic imine (C=N–C) groups is 1. The van der Waals surface area contributed by atoms with E-state index in [-0.39, 0.29) is 0 Å². The summed E-state index contributed by atoms with van der Waals surface area (Å²) in [4.78, 5) is 17.3. The molecule has 2 rings (SSSR count). The quantitative estimate of drug-likeness (QED) is 0.341. The van der Waals surface area contributed by atoms with Gasteiger partial charge in [0.15, 0.2) is 0 Å². The molecular formula is C12H21N7. The number of nitrogens with one attached hydrogen (secondary N) is 1. The van der Waals surface area contributed by atoms with Crippen molar-refractivity contribution in [2.75, 3.05) is 37.6 Å². The first kappa shape index (κ1) is 13.5. The van der Waals surface area contributed by atoms with Gasteiger partial charge in [-0.3, -0.25) is 10.4 Å². The lowest BCUT2D eigenvalue weighted by Gasteiger charge is -2.36. The highest BCUT2D eigenvalue weighted by atomic mass is 15.4. The molecular weight excluding hydrogens is 242 g/mol. The summed E-state index contributed by atoms with van der Waals surface area (Å²) in [5.74, 6) is 7.09. The van der Waals surface area contributed by atoms with Crippen LogP contribution in [0.15, 0.2) is 23.5 Å². The van der Waals surface area contributed by atoms with Crippen LogP contribution in [-0.2, 0) is 0 Å². The second kappa shape index (κ2) is 6.89. The van der Waals surface area contributed by atoms with Gasteiger partial charge >= 0.3 is 0 Å². The van der Waals surface area contributed by atoms with E-state index in [1.54, 1.807) is 12.4 Å². The molecule has 1 aromatic heterocycles. The van der Waals surface area contributed by atoms with E-state index in [0.29, 0.717) is 0 Å². The molecule has 7 nitrogen and oxygen atoms in total. The number of hydrogen-bond donors (Lipinski definition) is 2. The number of hydrazine groups is 1. The van der Waals surface area contributed by atoms with Crippen LogP contribution >= 0.6 is 0 Å². The lowest BCUT2D eigenvalue weighted by Crippen LogP contribution is -2.54. The Bertz CT molecular complexity index is 398. The number of aromatic nitrogens is 2. The number of rotatable bonds is 3. The van der Waals surface area contributed by atoms with Gasteiger partial charge in [0.05, 0.1) is 0 Å². The van der Waals surface area contributed by atoms with Crippen molar-refractivity contribution in [1.29, 1.82) is 0 Å². The fraction of sp³-hybridized carbons (Fsp3) is 0.583. The van der Waals surface area contributed by atoms with Crippen LogP contribution in [0, 0.1) is 0 Å². The monoisotopic (exact) mass is 263 g/mol. The molecule has 0 radical (unpaired) electrons. The van der Waals surface area contributed by atoms with E-state index < -0.39 is 0 Å². The third kappa shape index (κ3) is 3.54. The maximum Gasteiger partial charge on any atom is 0.225 e. The van der Waals surface area contributed by atoms with Gasteiger partial charge in [0, 0.05) is 45.1 Å². The second-order valence-electron chi connectivity index (χ2n) is 4.37. The predicted octanol–water partition coefficient (Wildman–Crippen LogP) is -0.172. The van der Waals surface area contributed by atoms with Gasteiger partial charge in [-0.25, -0.2) is 15.8 Å². The molecule has 1 aliphatic rings. The van der Waals surface area contributed by atoms with Crippen molar-refractivity contribution in [3.63, 3.8) is 0 Å². The molecule has 7 heteroatoms. The highest BCUT2D eigenvalue weighted by molar-refractivity contribution is 5.79.